The predicted molar refractivity (Wildman–Crippen MR) is 90.5 cm³/mol. The molecule has 0 saturated carbocycles. The fraction of sp³-hybridized carbons (Fsp3) is 0.529. The van der Waals surface area contributed by atoms with Gasteiger partial charge in [0.1, 0.15) is 12.4 Å². The molecule has 2 amide bonds. The minimum Gasteiger partial charge on any atom is -0.492 e. The molecule has 0 unspecified atom stereocenters. The van der Waals surface area contributed by atoms with E-state index < -0.39 is 0 Å². The van der Waals surface area contributed by atoms with Crippen molar-refractivity contribution in [1.82, 2.24) is 15.5 Å². The van der Waals surface area contributed by atoms with E-state index in [0.29, 0.717) is 19.7 Å². The number of carbonyl (C=O) groups excluding carboxylic acids is 2. The maximum atomic E-state index is 12.1. The number of hydrogen-bond acceptors (Lipinski definition) is 4. The summed E-state index contributed by atoms with van der Waals surface area (Å²) in [6.45, 7) is 7.27. The van der Waals surface area contributed by atoms with E-state index in [4.69, 9.17) is 4.74 Å². The summed E-state index contributed by atoms with van der Waals surface area (Å²) in [5.74, 6) is 0.576. The van der Waals surface area contributed by atoms with Gasteiger partial charge < -0.3 is 20.3 Å². The van der Waals surface area contributed by atoms with E-state index in [1.807, 2.05) is 38.1 Å². The fourth-order valence-electron chi connectivity index (χ4n) is 2.12. The molecule has 0 saturated heterocycles. The number of likely N-dealkylation sites (N-methyl/N-ethyl adjacent to an activating group) is 2. The molecule has 6 heteroatoms. The first-order chi connectivity index (χ1) is 11.0. The molecule has 0 radical (unpaired) electrons. The molecule has 0 bridgehead atoms. The summed E-state index contributed by atoms with van der Waals surface area (Å²) in [6, 6.07) is 7.44. The van der Waals surface area contributed by atoms with E-state index in [2.05, 4.69) is 10.6 Å². The SMILES string of the molecule is CCNC(=O)CN(C)C(=O)[C@H](C)NCCOc1ccccc1C. The first kappa shape index (κ1) is 19.0. The molecule has 0 aliphatic heterocycles. The van der Waals surface area contributed by atoms with Crippen LogP contribution in [0, 0.1) is 6.92 Å². The summed E-state index contributed by atoms with van der Waals surface area (Å²) < 4.78 is 5.67. The van der Waals surface area contributed by atoms with Gasteiger partial charge >= 0.3 is 0 Å². The van der Waals surface area contributed by atoms with Gasteiger partial charge in [-0.2, -0.15) is 0 Å². The molecule has 1 rings (SSSR count). The van der Waals surface area contributed by atoms with Crippen molar-refractivity contribution in [3.8, 4) is 5.75 Å². The lowest BCUT2D eigenvalue weighted by Crippen LogP contribution is -2.47. The Kier molecular flexibility index (Phi) is 8.11. The third-order valence-corrected chi connectivity index (χ3v) is 3.41. The molecule has 6 nitrogen and oxygen atoms in total. The van der Waals surface area contributed by atoms with Gasteiger partial charge in [-0.05, 0) is 32.4 Å². The van der Waals surface area contributed by atoms with Gasteiger partial charge in [0, 0.05) is 20.1 Å². The number of nitrogens with zero attached hydrogens (tertiary/aromatic N) is 1. The molecular weight excluding hydrogens is 294 g/mol. The van der Waals surface area contributed by atoms with Crippen LogP contribution >= 0.6 is 0 Å². The molecule has 0 spiro atoms. The van der Waals surface area contributed by atoms with Crippen LogP contribution in [0.1, 0.15) is 19.4 Å². The first-order valence-corrected chi connectivity index (χ1v) is 7.89. The number of ether oxygens (including phenoxy) is 1. The average Bonchev–Trinajstić information content (AvgIpc) is 2.52. The van der Waals surface area contributed by atoms with Crippen molar-refractivity contribution in [3.05, 3.63) is 29.8 Å². The number of nitrogens with one attached hydrogen (secondary N) is 2. The number of carbonyl (C=O) groups is 2. The monoisotopic (exact) mass is 321 g/mol. The highest BCUT2D eigenvalue weighted by Crippen LogP contribution is 2.15. The summed E-state index contributed by atoms with van der Waals surface area (Å²) in [7, 11) is 1.62. The van der Waals surface area contributed by atoms with Crippen LogP contribution in [0.4, 0.5) is 0 Å². The van der Waals surface area contributed by atoms with Crippen LogP contribution in [0.15, 0.2) is 24.3 Å². The van der Waals surface area contributed by atoms with E-state index >= 15 is 0 Å². The van der Waals surface area contributed by atoms with Gasteiger partial charge in [0.05, 0.1) is 12.6 Å². The van der Waals surface area contributed by atoms with Crippen LogP contribution < -0.4 is 15.4 Å². The highest BCUT2D eigenvalue weighted by molar-refractivity contribution is 5.87. The Morgan fingerprint density at radius 3 is 2.65 bits per heavy atom. The molecule has 0 aliphatic carbocycles. The highest BCUT2D eigenvalue weighted by Gasteiger charge is 2.18. The van der Waals surface area contributed by atoms with Crippen LogP contribution in [-0.2, 0) is 9.59 Å². The van der Waals surface area contributed by atoms with Crippen molar-refractivity contribution in [3.63, 3.8) is 0 Å². The topological polar surface area (TPSA) is 70.7 Å². The lowest BCUT2D eigenvalue weighted by Gasteiger charge is -2.21. The molecule has 0 heterocycles. The maximum absolute atomic E-state index is 12.1. The summed E-state index contributed by atoms with van der Waals surface area (Å²) in [5, 5.41) is 5.78. The fourth-order valence-corrected chi connectivity index (χ4v) is 2.12. The Morgan fingerprint density at radius 2 is 2.00 bits per heavy atom. The molecule has 128 valence electrons. The molecule has 0 fully saturated rings. The number of amides is 2. The molecule has 0 aliphatic rings. The average molecular weight is 321 g/mol. The lowest BCUT2D eigenvalue weighted by atomic mass is 10.2. The highest BCUT2D eigenvalue weighted by atomic mass is 16.5. The van der Waals surface area contributed by atoms with Crippen molar-refractivity contribution in [2.75, 3.05) is 33.3 Å². The number of hydrogen-bond donors (Lipinski definition) is 2. The van der Waals surface area contributed by atoms with Gasteiger partial charge in [0.2, 0.25) is 11.8 Å². The van der Waals surface area contributed by atoms with E-state index in [0.717, 1.165) is 11.3 Å². The smallest absolute Gasteiger partial charge is 0.239 e. The van der Waals surface area contributed by atoms with Crippen molar-refractivity contribution in [2.45, 2.75) is 26.8 Å². The minimum absolute atomic E-state index is 0.0679. The number of rotatable bonds is 9. The van der Waals surface area contributed by atoms with Crippen molar-refractivity contribution < 1.29 is 14.3 Å². The number of aryl methyl sites for hydroxylation is 1. The normalized spacial score (nSPS) is 11.7. The zero-order valence-corrected chi connectivity index (χ0v) is 14.4. The number of benzene rings is 1. The molecule has 23 heavy (non-hydrogen) atoms. The molecule has 1 aromatic carbocycles. The minimum atomic E-state index is -0.366. The Morgan fingerprint density at radius 1 is 1.30 bits per heavy atom. The van der Waals surface area contributed by atoms with Gasteiger partial charge in [-0.3, -0.25) is 9.59 Å². The van der Waals surface area contributed by atoms with Gasteiger partial charge in [0.15, 0.2) is 0 Å². The standard InChI is InChI=1S/C17H27N3O3/c1-5-18-16(21)12-20(4)17(22)14(3)19-10-11-23-15-9-7-6-8-13(15)2/h6-9,14,19H,5,10-12H2,1-4H3,(H,18,21)/t14-/m0/s1. The van der Waals surface area contributed by atoms with Crippen LogP contribution in [0.25, 0.3) is 0 Å². The predicted octanol–water partition coefficient (Wildman–Crippen LogP) is 0.946. The summed E-state index contributed by atoms with van der Waals surface area (Å²) in [4.78, 5) is 25.0. The van der Waals surface area contributed by atoms with Crippen LogP contribution in [-0.4, -0.2) is 56.0 Å². The van der Waals surface area contributed by atoms with Crippen molar-refractivity contribution in [1.29, 1.82) is 0 Å². The second-order valence-corrected chi connectivity index (χ2v) is 5.44. The van der Waals surface area contributed by atoms with E-state index in [-0.39, 0.29) is 24.4 Å². The molecule has 0 aromatic heterocycles. The Balaban J connectivity index is 2.30. The van der Waals surface area contributed by atoms with Crippen LogP contribution in [0.3, 0.4) is 0 Å². The Hall–Kier alpha value is -2.08. The van der Waals surface area contributed by atoms with Crippen LogP contribution in [0.2, 0.25) is 0 Å². The van der Waals surface area contributed by atoms with Crippen LogP contribution in [0.5, 0.6) is 5.75 Å². The Bertz CT molecular complexity index is 520. The maximum Gasteiger partial charge on any atom is 0.239 e. The number of para-hydroxylation sites is 1. The molecule has 2 N–H and O–H groups in total. The van der Waals surface area contributed by atoms with E-state index in [1.54, 1.807) is 14.0 Å². The second kappa shape index (κ2) is 9.84. The third kappa shape index (κ3) is 6.69. The first-order valence-electron chi connectivity index (χ1n) is 7.89. The molecule has 1 atom stereocenters. The summed E-state index contributed by atoms with van der Waals surface area (Å²) in [5.41, 5.74) is 1.08. The Labute approximate surface area is 138 Å². The van der Waals surface area contributed by atoms with Crippen molar-refractivity contribution >= 4 is 11.8 Å². The molecule has 1 aromatic rings. The zero-order chi connectivity index (χ0) is 17.2. The second-order valence-electron chi connectivity index (χ2n) is 5.44. The quantitative estimate of drug-likeness (QED) is 0.664. The van der Waals surface area contributed by atoms with Crippen molar-refractivity contribution in [2.24, 2.45) is 0 Å². The zero-order valence-electron chi connectivity index (χ0n) is 14.4. The van der Waals surface area contributed by atoms with Gasteiger partial charge in [0.25, 0.3) is 0 Å². The van der Waals surface area contributed by atoms with E-state index in [1.165, 1.54) is 4.90 Å². The van der Waals surface area contributed by atoms with E-state index in [9.17, 15) is 9.59 Å². The third-order valence-electron chi connectivity index (χ3n) is 3.41. The molecular formula is C17H27N3O3. The van der Waals surface area contributed by atoms with Gasteiger partial charge in [-0.1, -0.05) is 18.2 Å². The summed E-state index contributed by atoms with van der Waals surface area (Å²) in [6.07, 6.45) is 0. The lowest BCUT2D eigenvalue weighted by molar-refractivity contribution is -0.136. The van der Waals surface area contributed by atoms with Gasteiger partial charge in [-0.15, -0.1) is 0 Å². The van der Waals surface area contributed by atoms with Gasteiger partial charge in [-0.25, -0.2) is 0 Å². The largest absolute Gasteiger partial charge is 0.492 e. The summed E-state index contributed by atoms with van der Waals surface area (Å²) >= 11 is 0.